The Hall–Kier alpha value is -2.84. The molecule has 12 heteroatoms. The first-order chi connectivity index (χ1) is 22.0. The molecule has 0 bridgehead atoms. The highest BCUT2D eigenvalue weighted by atomic mass is 32.2. The van der Waals surface area contributed by atoms with Gasteiger partial charge in [-0.15, -0.1) is 0 Å². The van der Waals surface area contributed by atoms with Gasteiger partial charge in [-0.05, 0) is 80.5 Å². The number of aliphatic hydroxyl groups excluding tert-OH is 2. The molecule has 2 atom stereocenters. The maximum atomic E-state index is 13.6. The Morgan fingerprint density at radius 2 is 1.63 bits per heavy atom. The summed E-state index contributed by atoms with van der Waals surface area (Å²) in [7, 11) is -7.33. The Morgan fingerprint density at radius 3 is 2.33 bits per heavy atom. The van der Waals surface area contributed by atoms with Crippen LogP contribution in [0.25, 0.3) is 11.1 Å². The topological polar surface area (TPSA) is 142 Å². The Balaban J connectivity index is 0.974. The zero-order chi connectivity index (χ0) is 32.6. The van der Waals surface area contributed by atoms with E-state index in [0.29, 0.717) is 57.6 Å². The summed E-state index contributed by atoms with van der Waals surface area (Å²) in [6, 6.07) is 21.3. The van der Waals surface area contributed by atoms with Crippen molar-refractivity contribution >= 4 is 19.9 Å². The van der Waals surface area contributed by atoms with E-state index in [9.17, 15) is 27.0 Å². The highest BCUT2D eigenvalue weighted by molar-refractivity contribution is 7.93. The molecule has 1 saturated carbocycles. The number of rotatable bonds is 12. The maximum Gasteiger partial charge on any atom is 0.243 e. The highest BCUT2D eigenvalue weighted by Crippen LogP contribution is 2.46. The van der Waals surface area contributed by atoms with Crippen molar-refractivity contribution in [3.8, 4) is 16.9 Å². The molecule has 1 spiro atoms. The van der Waals surface area contributed by atoms with Crippen LogP contribution >= 0.6 is 0 Å². The van der Waals surface area contributed by atoms with Gasteiger partial charge in [-0.3, -0.25) is 0 Å². The lowest BCUT2D eigenvalue weighted by Crippen LogP contribution is -2.47. The first-order valence-corrected chi connectivity index (χ1v) is 18.7. The average molecular weight is 671 g/mol. The number of ether oxygens (including phenoxy) is 2. The third kappa shape index (κ3) is 6.75. The normalized spacial score (nSPS) is 21.7. The molecule has 1 aliphatic carbocycles. The first-order valence-electron chi connectivity index (χ1n) is 15.8. The maximum absolute atomic E-state index is 13.6. The molecule has 46 heavy (non-hydrogen) atoms. The Kier molecular flexibility index (Phi) is 9.34. The van der Waals surface area contributed by atoms with Gasteiger partial charge >= 0.3 is 0 Å². The second kappa shape index (κ2) is 13.0. The number of nitrogens with zero attached hydrogens (tertiary/aromatic N) is 1. The lowest BCUT2D eigenvalue weighted by Gasteiger charge is -2.38. The van der Waals surface area contributed by atoms with Gasteiger partial charge < -0.3 is 25.0 Å². The molecular formula is C34H42N2O8S2. The SMILES string of the molecule is Cc1ccc(-c2cccc(S(=O)(=O)N3CCC4(CC3)C[C@@H](NC[C@H](O)COc3cccc(S(=O)(=O)C5(CO)CC5)c3)CO4)c2)cc1. The second-order valence-electron chi connectivity index (χ2n) is 12.9. The molecule has 3 aromatic carbocycles. The second-order valence-corrected chi connectivity index (χ2v) is 17.2. The molecule has 10 nitrogen and oxygen atoms in total. The Bertz CT molecular complexity index is 1750. The quantitative estimate of drug-likeness (QED) is 0.265. The molecule has 2 heterocycles. The zero-order valence-electron chi connectivity index (χ0n) is 26.0. The van der Waals surface area contributed by atoms with E-state index >= 15 is 0 Å². The summed E-state index contributed by atoms with van der Waals surface area (Å²) >= 11 is 0. The van der Waals surface area contributed by atoms with Crippen LogP contribution in [0.2, 0.25) is 0 Å². The van der Waals surface area contributed by atoms with Crippen molar-refractivity contribution in [1.29, 1.82) is 0 Å². The molecule has 248 valence electrons. The van der Waals surface area contributed by atoms with Gasteiger partial charge in [0.15, 0.2) is 9.84 Å². The number of piperidine rings is 1. The van der Waals surface area contributed by atoms with E-state index in [1.165, 1.54) is 12.1 Å². The van der Waals surface area contributed by atoms with Crippen molar-refractivity contribution < 1.29 is 36.5 Å². The zero-order valence-corrected chi connectivity index (χ0v) is 27.6. The highest BCUT2D eigenvalue weighted by Gasteiger charge is 2.54. The van der Waals surface area contributed by atoms with E-state index in [2.05, 4.69) is 5.32 Å². The standard InChI is InChI=1S/C34H42N2O8S2/c1-25-8-10-26(11-9-25)27-4-2-7-32(18-27)46(41,42)36-16-14-33(15-17-36)20-28(22-44-33)35-21-29(38)23-43-30-5-3-6-31(19-30)45(39,40)34(24-37)12-13-34/h2-11,18-19,28-29,35,37-38H,12-17,20-24H2,1H3/t28-,29+/m1/s1. The average Bonchev–Trinajstić information content (AvgIpc) is 3.79. The lowest BCUT2D eigenvalue weighted by atomic mass is 9.88. The summed E-state index contributed by atoms with van der Waals surface area (Å²) < 4.78 is 65.3. The fourth-order valence-corrected chi connectivity index (χ4v) is 9.70. The molecule has 2 aliphatic heterocycles. The van der Waals surface area contributed by atoms with E-state index in [-0.39, 0.29) is 29.0 Å². The third-order valence-electron chi connectivity index (χ3n) is 9.57. The molecule has 0 aromatic heterocycles. The van der Waals surface area contributed by atoms with Crippen LogP contribution in [0.1, 0.15) is 37.7 Å². The van der Waals surface area contributed by atoms with E-state index in [4.69, 9.17) is 9.47 Å². The summed E-state index contributed by atoms with van der Waals surface area (Å²) in [5.74, 6) is 0.334. The van der Waals surface area contributed by atoms with E-state index < -0.39 is 42.9 Å². The van der Waals surface area contributed by atoms with E-state index in [0.717, 1.165) is 16.7 Å². The smallest absolute Gasteiger partial charge is 0.243 e. The van der Waals surface area contributed by atoms with Gasteiger partial charge in [0.1, 0.15) is 18.5 Å². The van der Waals surface area contributed by atoms with Crippen LogP contribution < -0.4 is 10.1 Å². The van der Waals surface area contributed by atoms with Gasteiger partial charge in [0.05, 0.1) is 33.4 Å². The number of aliphatic hydroxyl groups is 2. The number of benzene rings is 3. The van der Waals surface area contributed by atoms with Crippen molar-refractivity contribution in [2.75, 3.05) is 39.5 Å². The first kappa shape index (κ1) is 33.1. The van der Waals surface area contributed by atoms with Crippen LogP contribution in [-0.2, 0) is 24.6 Å². The summed E-state index contributed by atoms with van der Waals surface area (Å²) in [4.78, 5) is 0.391. The molecule has 3 fully saturated rings. The van der Waals surface area contributed by atoms with Crippen LogP contribution in [0.15, 0.2) is 82.6 Å². The summed E-state index contributed by atoms with van der Waals surface area (Å²) in [6.45, 7) is 3.04. The molecule has 0 unspecified atom stereocenters. The van der Waals surface area contributed by atoms with E-state index in [1.807, 2.05) is 37.3 Å². The Labute approximate surface area is 271 Å². The minimum atomic E-state index is -3.67. The van der Waals surface area contributed by atoms with Gasteiger partial charge in [-0.2, -0.15) is 4.31 Å². The van der Waals surface area contributed by atoms with E-state index in [1.54, 1.807) is 34.6 Å². The molecule has 0 amide bonds. The van der Waals surface area contributed by atoms with Gasteiger partial charge in [-0.25, -0.2) is 16.8 Å². The number of hydrogen-bond acceptors (Lipinski definition) is 9. The molecule has 2 saturated heterocycles. The van der Waals surface area contributed by atoms with Gasteiger partial charge in [0.25, 0.3) is 0 Å². The monoisotopic (exact) mass is 670 g/mol. The molecule has 3 aliphatic rings. The lowest BCUT2D eigenvalue weighted by molar-refractivity contribution is -0.0312. The summed E-state index contributed by atoms with van der Waals surface area (Å²) in [5, 5.41) is 23.5. The van der Waals surface area contributed by atoms with Crippen LogP contribution in [-0.4, -0.2) is 93.3 Å². The number of aryl methyl sites for hydroxylation is 1. The molecule has 3 aromatic rings. The van der Waals surface area contributed by atoms with Gasteiger partial charge in [0.2, 0.25) is 10.0 Å². The Morgan fingerprint density at radius 1 is 0.935 bits per heavy atom. The summed E-state index contributed by atoms with van der Waals surface area (Å²) in [6.07, 6.45) is 1.92. The largest absolute Gasteiger partial charge is 0.491 e. The fraction of sp³-hybridized carbons (Fsp3) is 0.471. The van der Waals surface area contributed by atoms with Crippen LogP contribution in [0.4, 0.5) is 0 Å². The summed E-state index contributed by atoms with van der Waals surface area (Å²) in [5.41, 5.74) is 2.57. The molecule has 0 radical (unpaired) electrons. The minimum Gasteiger partial charge on any atom is -0.491 e. The fourth-order valence-electron chi connectivity index (χ4n) is 6.38. The van der Waals surface area contributed by atoms with Crippen molar-refractivity contribution in [3.05, 3.63) is 78.4 Å². The molecule has 6 rings (SSSR count). The van der Waals surface area contributed by atoms with Crippen LogP contribution in [0.5, 0.6) is 5.75 Å². The predicted molar refractivity (Wildman–Crippen MR) is 174 cm³/mol. The third-order valence-corrected chi connectivity index (χ3v) is 14.0. The van der Waals surface area contributed by atoms with Crippen molar-refractivity contribution in [3.63, 3.8) is 0 Å². The number of hydrogen-bond donors (Lipinski definition) is 3. The van der Waals surface area contributed by atoms with Gasteiger partial charge in [-0.1, -0.05) is 48.0 Å². The van der Waals surface area contributed by atoms with Crippen LogP contribution in [0.3, 0.4) is 0 Å². The molecular weight excluding hydrogens is 629 g/mol. The van der Waals surface area contributed by atoms with Crippen molar-refractivity contribution in [2.45, 2.75) is 71.3 Å². The number of sulfonamides is 1. The minimum absolute atomic E-state index is 0.00526. The van der Waals surface area contributed by atoms with Gasteiger partial charge in [0, 0.05) is 25.7 Å². The number of sulfone groups is 1. The van der Waals surface area contributed by atoms with Crippen LogP contribution in [0, 0.1) is 6.92 Å². The predicted octanol–water partition coefficient (Wildman–Crippen LogP) is 3.30. The molecule has 3 N–H and O–H groups in total. The number of nitrogens with one attached hydrogen (secondary N) is 1. The van der Waals surface area contributed by atoms with Crippen molar-refractivity contribution in [2.24, 2.45) is 0 Å². The van der Waals surface area contributed by atoms with Crippen molar-refractivity contribution in [1.82, 2.24) is 9.62 Å².